The van der Waals surface area contributed by atoms with E-state index in [2.05, 4.69) is 5.32 Å². The van der Waals surface area contributed by atoms with Gasteiger partial charge in [-0.15, -0.1) is 0 Å². The molecule has 0 aliphatic carbocycles. The summed E-state index contributed by atoms with van der Waals surface area (Å²) in [5.41, 5.74) is 3.67. The quantitative estimate of drug-likeness (QED) is 0.782. The van der Waals surface area contributed by atoms with E-state index in [9.17, 15) is 14.4 Å². The molecule has 1 aliphatic heterocycles. The van der Waals surface area contributed by atoms with E-state index >= 15 is 0 Å². The molecule has 1 N–H and O–H groups in total. The van der Waals surface area contributed by atoms with Crippen LogP contribution in [0.2, 0.25) is 0 Å². The van der Waals surface area contributed by atoms with Gasteiger partial charge in [0, 0.05) is 38.3 Å². The van der Waals surface area contributed by atoms with Crippen molar-refractivity contribution in [3.05, 3.63) is 70.8 Å². The molecule has 2 aromatic rings. The van der Waals surface area contributed by atoms with Crippen LogP contribution in [0.5, 0.6) is 0 Å². The zero-order chi connectivity index (χ0) is 20.1. The fourth-order valence-corrected chi connectivity index (χ4v) is 3.26. The van der Waals surface area contributed by atoms with Crippen LogP contribution in [0.4, 0.5) is 0 Å². The van der Waals surface area contributed by atoms with Crippen molar-refractivity contribution < 1.29 is 14.4 Å². The minimum atomic E-state index is -0.465. The number of aryl methyl sites for hydroxylation is 1. The van der Waals surface area contributed by atoms with Gasteiger partial charge in [0.1, 0.15) is 0 Å². The molecule has 1 aliphatic rings. The number of carbonyl (C=O) groups excluding carboxylic acids is 3. The molecule has 0 atom stereocenters. The van der Waals surface area contributed by atoms with Crippen LogP contribution >= 0.6 is 0 Å². The highest BCUT2D eigenvalue weighted by atomic mass is 16.2. The number of hydrogen-bond acceptors (Lipinski definition) is 3. The fraction of sp³-hybridized carbons (Fsp3) is 0.318. The van der Waals surface area contributed by atoms with Gasteiger partial charge in [-0.25, -0.2) is 0 Å². The monoisotopic (exact) mass is 379 g/mol. The molecule has 0 saturated carbocycles. The highest BCUT2D eigenvalue weighted by molar-refractivity contribution is 6.35. The zero-order valence-electron chi connectivity index (χ0n) is 16.3. The average Bonchev–Trinajstić information content (AvgIpc) is 2.70. The third kappa shape index (κ3) is 4.57. The maximum absolute atomic E-state index is 12.3. The summed E-state index contributed by atoms with van der Waals surface area (Å²) in [5.74, 6) is -1.05. The SMILES string of the molecule is CCN1CCN(Cc2ccc(C(=O)NCc3cccc(C)c3)cc2)C(=O)C1=O. The third-order valence-corrected chi connectivity index (χ3v) is 4.90. The van der Waals surface area contributed by atoms with Crippen LogP contribution in [-0.2, 0) is 22.7 Å². The standard InChI is InChI=1S/C22H25N3O3/c1-3-24-11-12-25(22(28)21(24)27)15-17-7-9-19(10-8-17)20(26)23-14-18-6-4-5-16(2)13-18/h4-10,13H,3,11-12,14-15H2,1-2H3,(H,23,26). The summed E-state index contributed by atoms with van der Waals surface area (Å²) < 4.78 is 0. The van der Waals surface area contributed by atoms with E-state index < -0.39 is 11.8 Å². The van der Waals surface area contributed by atoms with Gasteiger partial charge in [-0.05, 0) is 37.1 Å². The van der Waals surface area contributed by atoms with Gasteiger partial charge in [0.15, 0.2) is 0 Å². The predicted molar refractivity (Wildman–Crippen MR) is 106 cm³/mol. The Balaban J connectivity index is 1.56. The van der Waals surface area contributed by atoms with Crippen molar-refractivity contribution in [1.82, 2.24) is 15.1 Å². The summed E-state index contributed by atoms with van der Waals surface area (Å²) in [6.07, 6.45) is 0. The normalized spacial score (nSPS) is 14.4. The van der Waals surface area contributed by atoms with Gasteiger partial charge in [-0.2, -0.15) is 0 Å². The first kappa shape index (κ1) is 19.6. The Bertz CT molecular complexity index is 877. The van der Waals surface area contributed by atoms with E-state index in [0.717, 1.165) is 16.7 Å². The minimum Gasteiger partial charge on any atom is -0.348 e. The Morgan fingerprint density at radius 1 is 0.964 bits per heavy atom. The average molecular weight is 379 g/mol. The highest BCUT2D eigenvalue weighted by Crippen LogP contribution is 2.12. The molecule has 0 unspecified atom stereocenters. The molecular weight excluding hydrogens is 354 g/mol. The van der Waals surface area contributed by atoms with Crippen LogP contribution in [0.3, 0.4) is 0 Å². The number of nitrogens with zero attached hydrogens (tertiary/aromatic N) is 2. The van der Waals surface area contributed by atoms with Crippen LogP contribution in [0, 0.1) is 6.92 Å². The topological polar surface area (TPSA) is 69.7 Å². The lowest BCUT2D eigenvalue weighted by atomic mass is 10.1. The Kier molecular flexibility index (Phi) is 6.09. The van der Waals surface area contributed by atoms with Gasteiger partial charge in [0.2, 0.25) is 0 Å². The second-order valence-corrected chi connectivity index (χ2v) is 6.98. The molecule has 0 bridgehead atoms. The van der Waals surface area contributed by atoms with Crippen LogP contribution in [-0.4, -0.2) is 47.2 Å². The fourth-order valence-electron chi connectivity index (χ4n) is 3.26. The van der Waals surface area contributed by atoms with Gasteiger partial charge in [-0.1, -0.05) is 42.0 Å². The third-order valence-electron chi connectivity index (χ3n) is 4.90. The van der Waals surface area contributed by atoms with E-state index in [4.69, 9.17) is 0 Å². The van der Waals surface area contributed by atoms with Crippen molar-refractivity contribution >= 4 is 17.7 Å². The molecule has 0 aromatic heterocycles. The molecule has 1 fully saturated rings. The summed E-state index contributed by atoms with van der Waals surface area (Å²) in [5, 5.41) is 2.91. The summed E-state index contributed by atoms with van der Waals surface area (Å²) in [4.78, 5) is 39.6. The molecular formula is C22H25N3O3. The summed E-state index contributed by atoms with van der Waals surface area (Å²) >= 11 is 0. The van der Waals surface area contributed by atoms with Crippen molar-refractivity contribution in [3.8, 4) is 0 Å². The molecule has 6 heteroatoms. The summed E-state index contributed by atoms with van der Waals surface area (Å²) in [6, 6.07) is 15.2. The number of benzene rings is 2. The van der Waals surface area contributed by atoms with Crippen molar-refractivity contribution in [2.45, 2.75) is 26.9 Å². The number of amides is 3. The number of hydrogen-bond donors (Lipinski definition) is 1. The molecule has 28 heavy (non-hydrogen) atoms. The first-order valence-corrected chi connectivity index (χ1v) is 9.48. The predicted octanol–water partition coefficient (Wildman–Crippen LogP) is 2.12. The Hall–Kier alpha value is -3.15. The van der Waals surface area contributed by atoms with E-state index in [1.165, 1.54) is 0 Å². The molecule has 2 aromatic carbocycles. The van der Waals surface area contributed by atoms with Crippen molar-refractivity contribution in [2.75, 3.05) is 19.6 Å². The molecule has 6 nitrogen and oxygen atoms in total. The lowest BCUT2D eigenvalue weighted by Crippen LogP contribution is -2.53. The number of likely N-dealkylation sites (N-methyl/N-ethyl adjacent to an activating group) is 1. The van der Waals surface area contributed by atoms with Crippen molar-refractivity contribution in [3.63, 3.8) is 0 Å². The maximum Gasteiger partial charge on any atom is 0.312 e. The molecule has 0 radical (unpaired) electrons. The first-order chi connectivity index (χ1) is 13.5. The highest BCUT2D eigenvalue weighted by Gasteiger charge is 2.31. The smallest absolute Gasteiger partial charge is 0.312 e. The Morgan fingerprint density at radius 2 is 1.64 bits per heavy atom. The van der Waals surface area contributed by atoms with E-state index in [0.29, 0.717) is 38.3 Å². The number of nitrogens with one attached hydrogen (secondary N) is 1. The van der Waals surface area contributed by atoms with Crippen LogP contribution in [0.25, 0.3) is 0 Å². The molecule has 146 valence electrons. The number of rotatable bonds is 6. The Labute approximate surface area is 165 Å². The van der Waals surface area contributed by atoms with Gasteiger partial charge >= 0.3 is 11.8 Å². The van der Waals surface area contributed by atoms with Crippen LogP contribution in [0.1, 0.15) is 34.0 Å². The number of carbonyl (C=O) groups is 3. The second kappa shape index (κ2) is 8.69. The maximum atomic E-state index is 12.3. The van der Waals surface area contributed by atoms with Crippen LogP contribution in [0.15, 0.2) is 48.5 Å². The second-order valence-electron chi connectivity index (χ2n) is 6.98. The molecule has 3 amide bonds. The van der Waals surface area contributed by atoms with Gasteiger partial charge < -0.3 is 15.1 Å². The van der Waals surface area contributed by atoms with Crippen molar-refractivity contribution in [2.24, 2.45) is 0 Å². The summed E-state index contributed by atoms with van der Waals surface area (Å²) in [7, 11) is 0. The minimum absolute atomic E-state index is 0.143. The lowest BCUT2D eigenvalue weighted by Gasteiger charge is -2.33. The molecule has 1 saturated heterocycles. The molecule has 0 spiro atoms. The molecule has 1 heterocycles. The van der Waals surface area contributed by atoms with E-state index in [1.807, 2.05) is 50.2 Å². The zero-order valence-corrected chi connectivity index (χ0v) is 16.3. The van der Waals surface area contributed by atoms with Gasteiger partial charge in [0.05, 0.1) is 0 Å². The Morgan fingerprint density at radius 3 is 2.32 bits per heavy atom. The van der Waals surface area contributed by atoms with Gasteiger partial charge in [0.25, 0.3) is 5.91 Å². The summed E-state index contributed by atoms with van der Waals surface area (Å²) in [6.45, 7) is 6.35. The number of piperazine rings is 1. The first-order valence-electron chi connectivity index (χ1n) is 9.48. The van der Waals surface area contributed by atoms with Gasteiger partial charge in [-0.3, -0.25) is 14.4 Å². The lowest BCUT2D eigenvalue weighted by molar-refractivity contribution is -0.156. The largest absolute Gasteiger partial charge is 0.348 e. The van der Waals surface area contributed by atoms with E-state index in [1.54, 1.807) is 21.9 Å². The van der Waals surface area contributed by atoms with Crippen molar-refractivity contribution in [1.29, 1.82) is 0 Å². The van der Waals surface area contributed by atoms with Crippen LogP contribution < -0.4 is 5.32 Å². The van der Waals surface area contributed by atoms with E-state index in [-0.39, 0.29) is 5.91 Å². The molecule has 3 rings (SSSR count).